The number of hydrogen-bond donors (Lipinski definition) is 3. The van der Waals surface area contributed by atoms with Crippen LogP contribution in [0.15, 0.2) is 23.6 Å². The zero-order valence-electron chi connectivity index (χ0n) is 13.9. The summed E-state index contributed by atoms with van der Waals surface area (Å²) < 4.78 is 4.40. The topological polar surface area (TPSA) is 145 Å². The van der Waals surface area contributed by atoms with Crippen LogP contribution in [0.1, 0.15) is 19.3 Å². The molecular formula is C15H16N8O2S. The van der Waals surface area contributed by atoms with E-state index in [1.807, 2.05) is 0 Å². The van der Waals surface area contributed by atoms with Gasteiger partial charge in [0.15, 0.2) is 5.65 Å². The fraction of sp³-hybridized carbons (Fsp3) is 0.333. The second kappa shape index (κ2) is 6.41. The predicted molar refractivity (Wildman–Crippen MR) is 95.7 cm³/mol. The fourth-order valence-electron chi connectivity index (χ4n) is 2.69. The van der Waals surface area contributed by atoms with Crippen LogP contribution in [0.5, 0.6) is 5.88 Å². The van der Waals surface area contributed by atoms with Gasteiger partial charge >= 0.3 is 0 Å². The monoisotopic (exact) mass is 372 g/mol. The minimum absolute atomic E-state index is 0.123. The van der Waals surface area contributed by atoms with Crippen molar-refractivity contribution in [1.29, 1.82) is 0 Å². The van der Waals surface area contributed by atoms with Crippen molar-refractivity contribution in [3.05, 3.63) is 18.6 Å². The number of rotatable bonds is 5. The first-order valence-electron chi connectivity index (χ1n) is 7.94. The van der Waals surface area contributed by atoms with E-state index in [0.29, 0.717) is 34.9 Å². The van der Waals surface area contributed by atoms with Gasteiger partial charge in [-0.3, -0.25) is 10.1 Å². The van der Waals surface area contributed by atoms with Crippen molar-refractivity contribution in [1.82, 2.24) is 29.9 Å². The van der Waals surface area contributed by atoms with Crippen LogP contribution < -0.4 is 15.8 Å². The molecule has 0 aromatic carbocycles. The summed E-state index contributed by atoms with van der Waals surface area (Å²) in [5.41, 5.74) is 6.92. The Morgan fingerprint density at radius 3 is 2.92 bits per heavy atom. The van der Waals surface area contributed by atoms with Crippen LogP contribution in [0.25, 0.3) is 11.2 Å². The molecule has 0 radical (unpaired) electrons. The molecule has 3 aromatic rings. The molecule has 0 aliphatic heterocycles. The number of H-pyrrole nitrogens is 1. The Bertz CT molecular complexity index is 971. The molecule has 11 heteroatoms. The van der Waals surface area contributed by atoms with Gasteiger partial charge in [0.1, 0.15) is 15.3 Å². The van der Waals surface area contributed by atoms with Gasteiger partial charge in [0.2, 0.25) is 23.7 Å². The molecule has 1 aliphatic rings. The molecular weight excluding hydrogens is 356 g/mol. The normalized spacial score (nSPS) is 15.4. The number of aromatic amines is 1. The molecule has 1 saturated carbocycles. The van der Waals surface area contributed by atoms with Crippen molar-refractivity contribution in [2.24, 2.45) is 0 Å². The number of nitrogens with one attached hydrogen (secondary N) is 2. The lowest BCUT2D eigenvalue weighted by Gasteiger charge is -2.38. The number of amides is 1. The molecule has 26 heavy (non-hydrogen) atoms. The van der Waals surface area contributed by atoms with Gasteiger partial charge in [0.05, 0.1) is 13.4 Å². The number of ether oxygens (including phenoxy) is 1. The second-order valence-corrected chi connectivity index (χ2v) is 7.19. The van der Waals surface area contributed by atoms with E-state index in [1.165, 1.54) is 31.4 Å². The fourth-order valence-corrected chi connectivity index (χ4v) is 4.08. The first-order valence-corrected chi connectivity index (χ1v) is 8.75. The summed E-state index contributed by atoms with van der Waals surface area (Å²) >= 11 is 1.36. The van der Waals surface area contributed by atoms with E-state index in [4.69, 9.17) is 10.5 Å². The van der Waals surface area contributed by atoms with Gasteiger partial charge in [-0.15, -0.1) is 0 Å². The maximum atomic E-state index is 12.9. The predicted octanol–water partition coefficient (Wildman–Crippen LogP) is 1.39. The number of carbonyl (C=O) groups excluding carboxylic acids is 1. The van der Waals surface area contributed by atoms with Crippen molar-refractivity contribution in [2.75, 3.05) is 18.2 Å². The molecule has 134 valence electrons. The van der Waals surface area contributed by atoms with Gasteiger partial charge in [-0.1, -0.05) is 11.8 Å². The number of hydrogen-bond acceptors (Lipinski definition) is 9. The van der Waals surface area contributed by atoms with Gasteiger partial charge in [-0.25, -0.2) is 15.0 Å². The summed E-state index contributed by atoms with van der Waals surface area (Å²) in [6, 6.07) is 1.61. The second-order valence-electron chi connectivity index (χ2n) is 5.81. The zero-order chi connectivity index (χ0) is 18.1. The lowest BCUT2D eigenvalue weighted by Crippen LogP contribution is -2.46. The number of imidazole rings is 1. The number of anilines is 2. The highest BCUT2D eigenvalue weighted by Crippen LogP contribution is 2.48. The third kappa shape index (κ3) is 2.90. The Balaban J connectivity index is 1.60. The van der Waals surface area contributed by atoms with E-state index in [1.54, 1.807) is 6.07 Å². The average Bonchev–Trinajstić information content (AvgIpc) is 3.06. The molecule has 0 bridgehead atoms. The number of fused-ring (bicyclic) bond motifs is 1. The van der Waals surface area contributed by atoms with Gasteiger partial charge in [-0.2, -0.15) is 9.97 Å². The maximum Gasteiger partial charge on any atom is 0.243 e. The number of nitrogen functional groups attached to an aromatic ring is 1. The van der Waals surface area contributed by atoms with Gasteiger partial charge in [-0.05, 0) is 19.3 Å². The molecule has 0 atom stereocenters. The van der Waals surface area contributed by atoms with Crippen LogP contribution >= 0.6 is 11.8 Å². The van der Waals surface area contributed by atoms with Crippen molar-refractivity contribution in [3.8, 4) is 5.88 Å². The van der Waals surface area contributed by atoms with Crippen LogP contribution in [0.4, 0.5) is 11.9 Å². The summed E-state index contributed by atoms with van der Waals surface area (Å²) in [4.78, 5) is 36.6. The molecule has 3 heterocycles. The van der Waals surface area contributed by atoms with Crippen molar-refractivity contribution in [3.63, 3.8) is 0 Å². The summed E-state index contributed by atoms with van der Waals surface area (Å²) in [6.07, 6.45) is 5.44. The standard InChI is InChI=1S/C15H16N8O2S/c1-25-8-3-6-17-14(20-8)23-12(24)15(4-2-5-15)26-11-9-10(19-7-18-9)21-13(16)22-11/h3,6-7H,2,4-5H2,1H3,(H,17,20,23,24)(H3,16,18,19,21,22). The molecule has 0 spiro atoms. The maximum absolute atomic E-state index is 12.9. The molecule has 3 aromatic heterocycles. The van der Waals surface area contributed by atoms with Crippen LogP contribution in [0, 0.1) is 0 Å². The third-order valence-corrected chi connectivity index (χ3v) is 5.67. The third-order valence-electron chi connectivity index (χ3n) is 4.20. The summed E-state index contributed by atoms with van der Waals surface area (Å²) in [5, 5.41) is 3.38. The number of thioether (sulfide) groups is 1. The molecule has 0 unspecified atom stereocenters. The highest BCUT2D eigenvalue weighted by molar-refractivity contribution is 8.01. The number of nitrogens with two attached hydrogens (primary N) is 1. The van der Waals surface area contributed by atoms with Gasteiger partial charge < -0.3 is 15.5 Å². The van der Waals surface area contributed by atoms with Crippen LogP contribution in [0.3, 0.4) is 0 Å². The van der Waals surface area contributed by atoms with E-state index in [-0.39, 0.29) is 17.8 Å². The molecule has 0 saturated heterocycles. The van der Waals surface area contributed by atoms with Gasteiger partial charge in [0, 0.05) is 12.3 Å². The summed E-state index contributed by atoms with van der Waals surface area (Å²) in [6.45, 7) is 0. The first-order chi connectivity index (χ1) is 12.6. The summed E-state index contributed by atoms with van der Waals surface area (Å²) in [7, 11) is 1.51. The van der Waals surface area contributed by atoms with Crippen molar-refractivity contribution < 1.29 is 9.53 Å². The Hall–Kier alpha value is -2.95. The van der Waals surface area contributed by atoms with E-state index < -0.39 is 4.75 Å². The van der Waals surface area contributed by atoms with E-state index >= 15 is 0 Å². The Morgan fingerprint density at radius 1 is 1.35 bits per heavy atom. The van der Waals surface area contributed by atoms with Crippen LogP contribution in [-0.4, -0.2) is 47.7 Å². The number of methoxy groups -OCH3 is 1. The highest BCUT2D eigenvalue weighted by Gasteiger charge is 2.46. The van der Waals surface area contributed by atoms with Crippen LogP contribution in [0.2, 0.25) is 0 Å². The van der Waals surface area contributed by atoms with Crippen molar-refractivity contribution >= 4 is 40.7 Å². The Labute approximate surface area is 152 Å². The quantitative estimate of drug-likeness (QED) is 0.566. The SMILES string of the molecule is COc1ccnc(NC(=O)C2(Sc3nc(N)nc4nc[nH]c34)CCC2)n1. The largest absolute Gasteiger partial charge is 0.481 e. The van der Waals surface area contributed by atoms with E-state index in [9.17, 15) is 4.79 Å². The Morgan fingerprint density at radius 2 is 2.19 bits per heavy atom. The molecule has 1 aliphatic carbocycles. The lowest BCUT2D eigenvalue weighted by atomic mass is 9.83. The molecule has 4 N–H and O–H groups in total. The lowest BCUT2D eigenvalue weighted by molar-refractivity contribution is -0.120. The minimum atomic E-state index is -0.661. The van der Waals surface area contributed by atoms with E-state index in [0.717, 1.165) is 6.42 Å². The average molecular weight is 372 g/mol. The van der Waals surface area contributed by atoms with Gasteiger partial charge in [0.25, 0.3) is 0 Å². The zero-order valence-corrected chi connectivity index (χ0v) is 14.7. The highest BCUT2D eigenvalue weighted by atomic mass is 32.2. The molecule has 10 nitrogen and oxygen atoms in total. The molecule has 4 rings (SSSR count). The van der Waals surface area contributed by atoms with Crippen LogP contribution in [-0.2, 0) is 4.79 Å². The number of nitrogens with zero attached hydrogens (tertiary/aromatic N) is 5. The summed E-state index contributed by atoms with van der Waals surface area (Å²) in [5.74, 6) is 0.536. The first kappa shape index (κ1) is 16.5. The Kier molecular flexibility index (Phi) is 4.07. The number of aromatic nitrogens is 6. The molecule has 1 fully saturated rings. The smallest absolute Gasteiger partial charge is 0.243 e. The molecule has 1 amide bonds. The number of carbonyl (C=O) groups is 1. The minimum Gasteiger partial charge on any atom is -0.481 e. The van der Waals surface area contributed by atoms with E-state index in [2.05, 4.69) is 35.2 Å². The van der Waals surface area contributed by atoms with Crippen molar-refractivity contribution in [2.45, 2.75) is 29.0 Å².